The maximum absolute atomic E-state index is 11.8. The van der Waals surface area contributed by atoms with E-state index in [2.05, 4.69) is 0 Å². The zero-order valence-electron chi connectivity index (χ0n) is 13.7. The molecule has 1 saturated heterocycles. The minimum atomic E-state index is -1.50. The normalized spacial score (nSPS) is 16.5. The second kappa shape index (κ2) is 6.96. The molecule has 8 heteroatoms. The fraction of sp³-hybridized carbons (Fsp3) is 0.500. The van der Waals surface area contributed by atoms with Crippen molar-refractivity contribution < 1.29 is 24.4 Å². The van der Waals surface area contributed by atoms with Gasteiger partial charge < -0.3 is 14.7 Å². The number of piperidine rings is 1. The molecule has 1 aliphatic heterocycles. The number of carbonyl (C=O) groups is 2. The number of rotatable bonds is 5. The van der Waals surface area contributed by atoms with Crippen molar-refractivity contribution in [3.8, 4) is 0 Å². The number of ketones is 1. The summed E-state index contributed by atoms with van der Waals surface area (Å²) in [4.78, 5) is 35.7. The standard InChI is InChI=1S/C16H20N2O6/c1-3-24-15(20)16(21)6-8-17(9-7-16)12-4-5-14(18(22)23)13(10-12)11(2)19/h4-5,10,21H,3,6-9H2,1-2H3. The summed E-state index contributed by atoms with van der Waals surface area (Å²) in [6.45, 7) is 3.92. The Kier molecular flexibility index (Phi) is 5.18. The number of aliphatic hydroxyl groups is 1. The molecule has 0 amide bonds. The molecule has 0 saturated carbocycles. The predicted molar refractivity (Wildman–Crippen MR) is 86.1 cm³/mol. The lowest BCUT2D eigenvalue weighted by molar-refractivity contribution is -0.385. The van der Waals surface area contributed by atoms with Crippen LogP contribution >= 0.6 is 0 Å². The van der Waals surface area contributed by atoms with Crippen molar-refractivity contribution in [3.63, 3.8) is 0 Å². The van der Waals surface area contributed by atoms with Gasteiger partial charge >= 0.3 is 5.97 Å². The fourth-order valence-corrected chi connectivity index (χ4v) is 2.77. The van der Waals surface area contributed by atoms with Crippen molar-refractivity contribution >= 4 is 23.1 Å². The van der Waals surface area contributed by atoms with Crippen molar-refractivity contribution in [2.45, 2.75) is 32.3 Å². The van der Waals surface area contributed by atoms with Gasteiger partial charge in [-0.15, -0.1) is 0 Å². The Bertz CT molecular complexity index is 665. The third-order valence-corrected chi connectivity index (χ3v) is 4.17. The van der Waals surface area contributed by atoms with E-state index in [0.29, 0.717) is 18.8 Å². The summed E-state index contributed by atoms with van der Waals surface area (Å²) in [5.74, 6) is -1.01. The van der Waals surface area contributed by atoms with E-state index in [1.165, 1.54) is 19.1 Å². The number of nitro benzene ring substituents is 1. The Hall–Kier alpha value is -2.48. The van der Waals surface area contributed by atoms with Gasteiger partial charge in [-0.25, -0.2) is 4.79 Å². The van der Waals surface area contributed by atoms with Gasteiger partial charge in [-0.3, -0.25) is 14.9 Å². The molecule has 1 aromatic carbocycles. The Morgan fingerprint density at radius 1 is 1.38 bits per heavy atom. The monoisotopic (exact) mass is 336 g/mol. The molecule has 1 heterocycles. The number of anilines is 1. The molecular weight excluding hydrogens is 316 g/mol. The van der Waals surface area contributed by atoms with Crippen molar-refractivity contribution in [1.29, 1.82) is 0 Å². The lowest BCUT2D eigenvalue weighted by atomic mass is 9.91. The quantitative estimate of drug-likeness (QED) is 0.377. The van der Waals surface area contributed by atoms with E-state index in [0.717, 1.165) is 0 Å². The van der Waals surface area contributed by atoms with Gasteiger partial charge in [-0.1, -0.05) is 0 Å². The van der Waals surface area contributed by atoms with Crippen LogP contribution in [0.1, 0.15) is 37.0 Å². The van der Waals surface area contributed by atoms with Gasteiger partial charge in [0.2, 0.25) is 0 Å². The van der Waals surface area contributed by atoms with Gasteiger partial charge in [0, 0.05) is 37.7 Å². The van der Waals surface area contributed by atoms with Crippen molar-refractivity contribution in [2.24, 2.45) is 0 Å². The van der Waals surface area contributed by atoms with E-state index in [1.54, 1.807) is 13.0 Å². The molecule has 0 aliphatic carbocycles. The number of benzene rings is 1. The summed E-state index contributed by atoms with van der Waals surface area (Å²) in [5, 5.41) is 21.3. The highest BCUT2D eigenvalue weighted by Crippen LogP contribution is 2.30. The van der Waals surface area contributed by atoms with Gasteiger partial charge in [0.1, 0.15) is 0 Å². The van der Waals surface area contributed by atoms with Crippen LogP contribution in [0.25, 0.3) is 0 Å². The number of hydrogen-bond acceptors (Lipinski definition) is 7. The topological polar surface area (TPSA) is 110 Å². The van der Waals surface area contributed by atoms with Crippen LogP contribution in [0.3, 0.4) is 0 Å². The fourth-order valence-electron chi connectivity index (χ4n) is 2.77. The third-order valence-electron chi connectivity index (χ3n) is 4.17. The molecule has 8 nitrogen and oxygen atoms in total. The van der Waals surface area contributed by atoms with E-state index in [1.807, 2.05) is 4.90 Å². The van der Waals surface area contributed by atoms with Crippen molar-refractivity contribution in [3.05, 3.63) is 33.9 Å². The molecule has 0 spiro atoms. The average Bonchev–Trinajstić information content (AvgIpc) is 2.55. The van der Waals surface area contributed by atoms with Gasteiger partial charge in [0.05, 0.1) is 17.1 Å². The number of ether oxygens (including phenoxy) is 1. The third kappa shape index (κ3) is 3.53. The highest BCUT2D eigenvalue weighted by molar-refractivity contribution is 5.99. The van der Waals surface area contributed by atoms with Crippen LogP contribution in [0.2, 0.25) is 0 Å². The Morgan fingerprint density at radius 2 is 2.00 bits per heavy atom. The molecular formula is C16H20N2O6. The zero-order chi connectivity index (χ0) is 17.9. The van der Waals surface area contributed by atoms with Crippen LogP contribution in [0.15, 0.2) is 18.2 Å². The maximum Gasteiger partial charge on any atom is 0.338 e. The minimum Gasteiger partial charge on any atom is -0.464 e. The van der Waals surface area contributed by atoms with E-state index >= 15 is 0 Å². The van der Waals surface area contributed by atoms with Crippen LogP contribution < -0.4 is 4.90 Å². The lowest BCUT2D eigenvalue weighted by Crippen LogP contribution is -2.50. The number of esters is 1. The largest absolute Gasteiger partial charge is 0.464 e. The molecule has 1 aromatic rings. The second-order valence-corrected chi connectivity index (χ2v) is 5.75. The van der Waals surface area contributed by atoms with E-state index in [4.69, 9.17) is 4.74 Å². The molecule has 0 radical (unpaired) electrons. The van der Waals surface area contributed by atoms with Crippen molar-refractivity contribution in [1.82, 2.24) is 0 Å². The Morgan fingerprint density at radius 3 is 2.50 bits per heavy atom. The molecule has 0 bridgehead atoms. The second-order valence-electron chi connectivity index (χ2n) is 5.75. The summed E-state index contributed by atoms with van der Waals surface area (Å²) in [5.41, 5.74) is -1.04. The van der Waals surface area contributed by atoms with Gasteiger partial charge in [0.25, 0.3) is 5.69 Å². The molecule has 0 unspecified atom stereocenters. The van der Waals surface area contributed by atoms with Gasteiger partial charge in [-0.2, -0.15) is 0 Å². The summed E-state index contributed by atoms with van der Waals surface area (Å²) in [6.07, 6.45) is 0.385. The number of nitro groups is 1. The summed E-state index contributed by atoms with van der Waals surface area (Å²) in [6, 6.07) is 4.35. The highest BCUT2D eigenvalue weighted by Gasteiger charge is 2.40. The molecule has 1 N–H and O–H groups in total. The van der Waals surface area contributed by atoms with Crippen LogP contribution in [0.5, 0.6) is 0 Å². The molecule has 1 aliphatic rings. The smallest absolute Gasteiger partial charge is 0.338 e. The Balaban J connectivity index is 2.17. The Labute approximate surface area is 139 Å². The van der Waals surface area contributed by atoms with Crippen LogP contribution in [-0.4, -0.2) is 47.1 Å². The molecule has 130 valence electrons. The summed E-state index contributed by atoms with van der Waals surface area (Å²) < 4.78 is 4.89. The molecule has 0 aromatic heterocycles. The van der Waals surface area contributed by atoms with Gasteiger partial charge in [-0.05, 0) is 26.0 Å². The van der Waals surface area contributed by atoms with E-state index < -0.39 is 16.5 Å². The first-order valence-corrected chi connectivity index (χ1v) is 7.72. The number of hydrogen-bond donors (Lipinski definition) is 1. The first kappa shape index (κ1) is 17.9. The maximum atomic E-state index is 11.8. The first-order chi connectivity index (χ1) is 11.3. The van der Waals surface area contributed by atoms with Gasteiger partial charge in [0.15, 0.2) is 11.4 Å². The molecule has 0 atom stereocenters. The predicted octanol–water partition coefficient (Wildman–Crippen LogP) is 1.69. The number of carbonyl (C=O) groups excluding carboxylic acids is 2. The minimum absolute atomic E-state index is 0.0451. The number of nitrogens with zero attached hydrogens (tertiary/aromatic N) is 2. The summed E-state index contributed by atoms with van der Waals surface area (Å²) >= 11 is 0. The van der Waals surface area contributed by atoms with Crippen LogP contribution in [0.4, 0.5) is 11.4 Å². The molecule has 1 fully saturated rings. The van der Waals surface area contributed by atoms with Crippen molar-refractivity contribution in [2.75, 3.05) is 24.6 Å². The summed E-state index contributed by atoms with van der Waals surface area (Å²) in [7, 11) is 0. The zero-order valence-corrected chi connectivity index (χ0v) is 13.7. The SMILES string of the molecule is CCOC(=O)C1(O)CCN(c2ccc([N+](=O)[O-])c(C(C)=O)c2)CC1. The lowest BCUT2D eigenvalue weighted by Gasteiger charge is -2.37. The average molecular weight is 336 g/mol. The van der Waals surface area contributed by atoms with Crippen LogP contribution in [-0.2, 0) is 9.53 Å². The first-order valence-electron chi connectivity index (χ1n) is 7.72. The van der Waals surface area contributed by atoms with E-state index in [-0.39, 0.29) is 36.5 Å². The molecule has 24 heavy (non-hydrogen) atoms. The molecule has 2 rings (SSSR count). The number of Topliss-reactive ketones (excluding diaryl/α,β-unsaturated/α-hetero) is 1. The highest BCUT2D eigenvalue weighted by atomic mass is 16.6. The van der Waals surface area contributed by atoms with E-state index in [9.17, 15) is 24.8 Å². The van der Waals surface area contributed by atoms with Crippen LogP contribution in [0, 0.1) is 10.1 Å².